The van der Waals surface area contributed by atoms with Gasteiger partial charge in [0.2, 0.25) is 0 Å². The van der Waals surface area contributed by atoms with E-state index in [0.29, 0.717) is 16.9 Å². The summed E-state index contributed by atoms with van der Waals surface area (Å²) in [6.07, 6.45) is 0.0335. The fraction of sp³-hybridized carbons (Fsp3) is 0.462. The molecule has 0 spiro atoms. The van der Waals surface area contributed by atoms with Crippen molar-refractivity contribution in [2.24, 2.45) is 0 Å². The summed E-state index contributed by atoms with van der Waals surface area (Å²) in [5.74, 6) is -0.384. The molecular weight excluding hydrogens is 232 g/mol. The quantitative estimate of drug-likeness (QED) is 0.618. The highest BCUT2D eigenvalue weighted by molar-refractivity contribution is 5.91. The molecule has 0 amide bonds. The van der Waals surface area contributed by atoms with Crippen LogP contribution in [0.4, 0.5) is 11.4 Å². The topological polar surface area (TPSA) is 73.6 Å². The third-order valence-electron chi connectivity index (χ3n) is 2.93. The average molecular weight is 252 g/mol. The molecule has 5 nitrogen and oxygen atoms in total. The molecule has 2 atom stereocenters. The number of esters is 1. The molecule has 0 saturated carbocycles. The molecule has 0 aliphatic rings. The number of ether oxygens (including phenoxy) is 2. The predicted molar refractivity (Wildman–Crippen MR) is 71.7 cm³/mol. The number of hydrogen-bond donors (Lipinski definition) is 2. The normalized spacial score (nSPS) is 13.8. The lowest BCUT2D eigenvalue weighted by Crippen LogP contribution is -2.30. The number of carbonyl (C=O) groups is 1. The van der Waals surface area contributed by atoms with Crippen LogP contribution in [0.3, 0.4) is 0 Å². The number of nitrogens with one attached hydrogen (secondary N) is 1. The van der Waals surface area contributed by atoms with Crippen LogP contribution >= 0.6 is 0 Å². The second-order valence-electron chi connectivity index (χ2n) is 4.17. The second kappa shape index (κ2) is 6.26. The van der Waals surface area contributed by atoms with Gasteiger partial charge >= 0.3 is 5.97 Å². The van der Waals surface area contributed by atoms with Gasteiger partial charge in [-0.05, 0) is 32.0 Å². The van der Waals surface area contributed by atoms with Gasteiger partial charge in [-0.15, -0.1) is 0 Å². The van der Waals surface area contributed by atoms with Gasteiger partial charge < -0.3 is 20.5 Å². The second-order valence-corrected chi connectivity index (χ2v) is 4.17. The fourth-order valence-corrected chi connectivity index (χ4v) is 1.49. The molecular formula is C13H20N2O3. The summed E-state index contributed by atoms with van der Waals surface area (Å²) in [5.41, 5.74) is 7.61. The van der Waals surface area contributed by atoms with E-state index in [0.717, 1.165) is 0 Å². The van der Waals surface area contributed by atoms with E-state index in [2.05, 4.69) is 10.1 Å². The predicted octanol–water partition coefficient (Wildman–Crippen LogP) is 1.89. The Bertz CT molecular complexity index is 421. The largest absolute Gasteiger partial charge is 0.465 e. The first-order valence-corrected chi connectivity index (χ1v) is 5.76. The maximum atomic E-state index is 11.4. The van der Waals surface area contributed by atoms with Gasteiger partial charge in [0, 0.05) is 13.2 Å². The van der Waals surface area contributed by atoms with Crippen LogP contribution in [0.1, 0.15) is 24.2 Å². The fourth-order valence-electron chi connectivity index (χ4n) is 1.49. The third kappa shape index (κ3) is 3.37. The van der Waals surface area contributed by atoms with Crippen LogP contribution in [0.25, 0.3) is 0 Å². The monoisotopic (exact) mass is 252 g/mol. The Hall–Kier alpha value is -1.75. The molecule has 3 N–H and O–H groups in total. The zero-order valence-corrected chi connectivity index (χ0v) is 11.2. The third-order valence-corrected chi connectivity index (χ3v) is 2.93. The van der Waals surface area contributed by atoms with Gasteiger partial charge in [-0.1, -0.05) is 0 Å². The van der Waals surface area contributed by atoms with Crippen molar-refractivity contribution in [1.29, 1.82) is 0 Å². The van der Waals surface area contributed by atoms with Crippen molar-refractivity contribution in [3.63, 3.8) is 0 Å². The highest BCUT2D eigenvalue weighted by Crippen LogP contribution is 2.22. The molecule has 1 aromatic rings. The van der Waals surface area contributed by atoms with E-state index in [4.69, 9.17) is 10.5 Å². The van der Waals surface area contributed by atoms with Gasteiger partial charge in [-0.3, -0.25) is 0 Å². The smallest absolute Gasteiger partial charge is 0.337 e. The average Bonchev–Trinajstić information content (AvgIpc) is 2.39. The van der Waals surface area contributed by atoms with E-state index in [1.54, 1.807) is 25.3 Å². The lowest BCUT2D eigenvalue weighted by molar-refractivity contribution is 0.0601. The Morgan fingerprint density at radius 2 is 2.00 bits per heavy atom. The van der Waals surface area contributed by atoms with Crippen molar-refractivity contribution in [2.75, 3.05) is 25.3 Å². The Balaban J connectivity index is 2.91. The first-order chi connectivity index (χ1) is 8.49. The van der Waals surface area contributed by atoms with Crippen LogP contribution < -0.4 is 11.1 Å². The maximum Gasteiger partial charge on any atom is 0.337 e. The number of carbonyl (C=O) groups excluding carboxylic acids is 1. The van der Waals surface area contributed by atoms with E-state index < -0.39 is 0 Å². The Labute approximate surface area is 107 Å². The molecule has 0 saturated heterocycles. The Morgan fingerprint density at radius 1 is 1.33 bits per heavy atom. The summed E-state index contributed by atoms with van der Waals surface area (Å²) in [6, 6.07) is 5.07. The van der Waals surface area contributed by atoms with Crippen LogP contribution in [0.5, 0.6) is 0 Å². The summed E-state index contributed by atoms with van der Waals surface area (Å²) < 4.78 is 9.90. The summed E-state index contributed by atoms with van der Waals surface area (Å²) >= 11 is 0. The van der Waals surface area contributed by atoms with Crippen molar-refractivity contribution >= 4 is 17.3 Å². The molecule has 1 aromatic carbocycles. The molecule has 0 radical (unpaired) electrons. The van der Waals surface area contributed by atoms with E-state index in [1.165, 1.54) is 7.11 Å². The molecule has 100 valence electrons. The van der Waals surface area contributed by atoms with Crippen molar-refractivity contribution in [3.05, 3.63) is 23.8 Å². The summed E-state index contributed by atoms with van der Waals surface area (Å²) in [4.78, 5) is 11.4. The van der Waals surface area contributed by atoms with Gasteiger partial charge in [0.15, 0.2) is 0 Å². The van der Waals surface area contributed by atoms with Crippen LogP contribution in [0.2, 0.25) is 0 Å². The van der Waals surface area contributed by atoms with Crippen LogP contribution in [0, 0.1) is 0 Å². The minimum absolute atomic E-state index is 0.0335. The number of nitrogens with two attached hydrogens (primary N) is 1. The van der Waals surface area contributed by atoms with Crippen molar-refractivity contribution in [3.8, 4) is 0 Å². The summed E-state index contributed by atoms with van der Waals surface area (Å²) in [5, 5.41) is 3.22. The Kier molecular flexibility index (Phi) is 4.97. The number of hydrogen-bond acceptors (Lipinski definition) is 5. The summed E-state index contributed by atoms with van der Waals surface area (Å²) in [6.45, 7) is 3.94. The minimum atomic E-state index is -0.384. The molecule has 0 fully saturated rings. The summed E-state index contributed by atoms with van der Waals surface area (Å²) in [7, 11) is 3.00. The van der Waals surface area contributed by atoms with Crippen molar-refractivity contribution in [2.45, 2.75) is 26.0 Å². The van der Waals surface area contributed by atoms with Gasteiger partial charge in [-0.25, -0.2) is 4.79 Å². The van der Waals surface area contributed by atoms with Gasteiger partial charge in [0.25, 0.3) is 0 Å². The van der Waals surface area contributed by atoms with E-state index in [-0.39, 0.29) is 18.1 Å². The number of nitrogen functional groups attached to an aromatic ring is 1. The standard InChI is InChI=1S/C13H20N2O3/c1-8(9(2)17-3)15-12-7-10(13(16)18-4)5-6-11(12)14/h5-9,15H,14H2,1-4H3/t8-,9-/m1/s1. The van der Waals surface area contributed by atoms with Gasteiger partial charge in [0.1, 0.15) is 0 Å². The van der Waals surface area contributed by atoms with E-state index in [9.17, 15) is 4.79 Å². The molecule has 0 aromatic heterocycles. The Morgan fingerprint density at radius 3 is 2.56 bits per heavy atom. The molecule has 5 heteroatoms. The zero-order chi connectivity index (χ0) is 13.7. The van der Waals surface area contributed by atoms with Crippen LogP contribution in [0.15, 0.2) is 18.2 Å². The lowest BCUT2D eigenvalue weighted by Gasteiger charge is -2.22. The van der Waals surface area contributed by atoms with E-state index in [1.807, 2.05) is 13.8 Å². The number of methoxy groups -OCH3 is 2. The molecule has 18 heavy (non-hydrogen) atoms. The number of anilines is 2. The SMILES string of the molecule is COC(=O)c1ccc(N)c(N[C@H](C)[C@@H](C)OC)c1. The number of rotatable bonds is 5. The highest BCUT2D eigenvalue weighted by atomic mass is 16.5. The van der Waals surface area contributed by atoms with E-state index >= 15 is 0 Å². The van der Waals surface area contributed by atoms with Crippen LogP contribution in [-0.4, -0.2) is 32.3 Å². The number of benzene rings is 1. The minimum Gasteiger partial charge on any atom is -0.465 e. The maximum absolute atomic E-state index is 11.4. The van der Waals surface area contributed by atoms with Gasteiger partial charge in [0.05, 0.1) is 30.2 Å². The molecule has 0 bridgehead atoms. The lowest BCUT2D eigenvalue weighted by atomic mass is 10.1. The molecule has 1 rings (SSSR count). The van der Waals surface area contributed by atoms with Crippen molar-refractivity contribution < 1.29 is 14.3 Å². The first-order valence-electron chi connectivity index (χ1n) is 5.76. The zero-order valence-electron chi connectivity index (χ0n) is 11.2. The molecule has 0 aliphatic heterocycles. The van der Waals surface area contributed by atoms with Crippen LogP contribution in [-0.2, 0) is 9.47 Å². The molecule has 0 heterocycles. The molecule has 0 aliphatic carbocycles. The first kappa shape index (κ1) is 14.3. The highest BCUT2D eigenvalue weighted by Gasteiger charge is 2.14. The molecule has 0 unspecified atom stereocenters. The van der Waals surface area contributed by atoms with Crippen molar-refractivity contribution in [1.82, 2.24) is 0 Å². The van der Waals surface area contributed by atoms with Gasteiger partial charge in [-0.2, -0.15) is 0 Å².